The molecule has 3 aliphatic heterocycles. The Hall–Kier alpha value is -5.15. The van der Waals surface area contributed by atoms with Crippen LogP contribution in [-0.2, 0) is 16.6 Å². The van der Waals surface area contributed by atoms with Crippen molar-refractivity contribution < 1.29 is 19.1 Å². The first kappa shape index (κ1) is 34.3. The predicted octanol–water partition coefficient (Wildman–Crippen LogP) is 3.87. The number of nitrogen functional groups attached to an aromatic ring is 1. The number of aromatic nitrogens is 5. The zero-order chi connectivity index (χ0) is 35.9. The smallest absolute Gasteiger partial charge is 0.237 e. The molecule has 51 heavy (non-hydrogen) atoms. The number of likely N-dealkylation sites (tertiary alicyclic amines) is 1. The lowest BCUT2D eigenvalue weighted by atomic mass is 9.85. The molecule has 3 aliphatic rings. The minimum atomic E-state index is -0.573. The monoisotopic (exact) mass is 710 g/mol. The lowest BCUT2D eigenvalue weighted by Crippen LogP contribution is -2.43. The average Bonchev–Trinajstić information content (AvgIpc) is 3.93. The van der Waals surface area contributed by atoms with Gasteiger partial charge in [0.05, 0.1) is 41.4 Å². The normalized spacial score (nSPS) is 19.3. The fraction of sp³-hybridized carbons (Fsp3) is 0.417. The van der Waals surface area contributed by atoms with E-state index in [4.69, 9.17) is 25.6 Å². The van der Waals surface area contributed by atoms with Gasteiger partial charge in [-0.2, -0.15) is 5.10 Å². The van der Waals surface area contributed by atoms with E-state index in [9.17, 15) is 9.59 Å². The highest BCUT2D eigenvalue weighted by Crippen LogP contribution is 2.42. The molecule has 266 valence electrons. The van der Waals surface area contributed by atoms with Gasteiger partial charge in [-0.1, -0.05) is 6.08 Å². The lowest BCUT2D eigenvalue weighted by Gasteiger charge is -2.28. The zero-order valence-corrected chi connectivity index (χ0v) is 30.1. The van der Waals surface area contributed by atoms with Crippen LogP contribution in [0.4, 0.5) is 11.5 Å². The maximum Gasteiger partial charge on any atom is 0.237 e. The van der Waals surface area contributed by atoms with Gasteiger partial charge in [-0.3, -0.25) is 29.5 Å². The third kappa shape index (κ3) is 6.82. The molecule has 15 heteroatoms. The number of hydrogen-bond acceptors (Lipinski definition) is 12. The summed E-state index contributed by atoms with van der Waals surface area (Å²) in [6.07, 6.45) is 7.60. The van der Waals surface area contributed by atoms with Crippen LogP contribution < -0.4 is 20.1 Å². The van der Waals surface area contributed by atoms with Crippen LogP contribution in [0.5, 0.6) is 11.5 Å². The molecule has 2 fully saturated rings. The van der Waals surface area contributed by atoms with Gasteiger partial charge < -0.3 is 20.1 Å². The molecule has 0 saturated carbocycles. The molecule has 0 bridgehead atoms. The Bertz CT molecular complexity index is 2020. The van der Waals surface area contributed by atoms with Crippen molar-refractivity contribution >= 4 is 45.9 Å². The van der Waals surface area contributed by atoms with E-state index in [2.05, 4.69) is 26.0 Å². The summed E-state index contributed by atoms with van der Waals surface area (Å²) >= 11 is 1.56. The number of nitrogens with zero attached hydrogens (tertiary/aromatic N) is 8. The number of hydrogen-bond donors (Lipinski definition) is 2. The van der Waals surface area contributed by atoms with Gasteiger partial charge >= 0.3 is 0 Å². The van der Waals surface area contributed by atoms with E-state index in [1.54, 1.807) is 70.9 Å². The Labute approximate surface area is 300 Å². The number of carbonyl (C=O) groups excluding carboxylic acids is 2. The van der Waals surface area contributed by atoms with E-state index < -0.39 is 5.41 Å². The first-order valence-corrected chi connectivity index (χ1v) is 17.9. The quantitative estimate of drug-likeness (QED) is 0.231. The first-order chi connectivity index (χ1) is 24.5. The summed E-state index contributed by atoms with van der Waals surface area (Å²) in [4.78, 5) is 47.6. The summed E-state index contributed by atoms with van der Waals surface area (Å²) in [5.41, 5.74) is 8.19. The molecule has 7 rings (SSSR count). The highest BCUT2D eigenvalue weighted by Gasteiger charge is 2.51. The van der Waals surface area contributed by atoms with Gasteiger partial charge in [0.1, 0.15) is 22.8 Å². The highest BCUT2D eigenvalue weighted by atomic mass is 32.1. The van der Waals surface area contributed by atoms with Crippen molar-refractivity contribution in [1.29, 1.82) is 5.41 Å². The van der Waals surface area contributed by atoms with Crippen LogP contribution >= 0.6 is 11.3 Å². The molecule has 1 atom stereocenters. The molecule has 3 N–H and O–H groups in total. The Balaban J connectivity index is 0.972. The molecule has 4 aromatic rings. The third-order valence-electron chi connectivity index (χ3n) is 9.71. The Morgan fingerprint density at radius 2 is 1.94 bits per heavy atom. The molecule has 6 heterocycles. The van der Waals surface area contributed by atoms with Crippen LogP contribution in [0.25, 0.3) is 16.3 Å². The molecule has 2 amide bonds. The van der Waals surface area contributed by atoms with Crippen molar-refractivity contribution in [1.82, 2.24) is 34.5 Å². The van der Waals surface area contributed by atoms with Crippen LogP contribution in [0, 0.1) is 10.8 Å². The standard InChI is InChI=1S/C36H42N10O4S/c1-22(2)50-26-7-5-24(17-27(26)49-4)31(38)32-25(37)6-8-29(41-32)46-16-12-36(35(46)48)11-15-44(20-36)19-30(47)45-13-9-23(10-14-45)34-39-18-28(51-34)33-40-21-43(3)42-33/h5-9,17-18,21-22,38H,10-16,19-20,37H2,1-4H3/t36-/m0/s1. The average molecular weight is 711 g/mol. The zero-order valence-electron chi connectivity index (χ0n) is 29.3. The number of amides is 2. The Morgan fingerprint density at radius 1 is 1.12 bits per heavy atom. The summed E-state index contributed by atoms with van der Waals surface area (Å²) in [5, 5.41) is 14.2. The predicted molar refractivity (Wildman–Crippen MR) is 195 cm³/mol. The maximum atomic E-state index is 14.0. The second kappa shape index (κ2) is 13.9. The first-order valence-electron chi connectivity index (χ1n) is 17.1. The molecule has 1 aromatic carbocycles. The number of carbonyl (C=O) groups is 2. The minimum absolute atomic E-state index is 0.00155. The molecular weight excluding hydrogens is 669 g/mol. The van der Waals surface area contributed by atoms with Gasteiger partial charge in [-0.25, -0.2) is 15.0 Å². The van der Waals surface area contributed by atoms with Crippen LogP contribution in [0.2, 0.25) is 0 Å². The number of rotatable bonds is 10. The summed E-state index contributed by atoms with van der Waals surface area (Å²) in [5.74, 6) is 2.28. The van der Waals surface area contributed by atoms with E-state index in [-0.39, 0.29) is 30.2 Å². The number of anilines is 2. The third-order valence-corrected chi connectivity index (χ3v) is 10.8. The van der Waals surface area contributed by atoms with E-state index >= 15 is 0 Å². The number of nitrogens with one attached hydrogen (secondary N) is 1. The van der Waals surface area contributed by atoms with E-state index in [0.717, 1.165) is 21.9 Å². The number of ether oxygens (including phenoxy) is 2. The van der Waals surface area contributed by atoms with Gasteiger partial charge in [0.25, 0.3) is 0 Å². The highest BCUT2D eigenvalue weighted by molar-refractivity contribution is 7.16. The number of benzene rings is 1. The van der Waals surface area contributed by atoms with Crippen molar-refractivity contribution in [2.45, 2.75) is 39.2 Å². The summed E-state index contributed by atoms with van der Waals surface area (Å²) in [6, 6.07) is 8.71. The van der Waals surface area contributed by atoms with E-state index in [0.29, 0.717) is 85.7 Å². The van der Waals surface area contributed by atoms with E-state index in [1.807, 2.05) is 25.8 Å². The van der Waals surface area contributed by atoms with Crippen molar-refractivity contribution in [3.05, 3.63) is 65.2 Å². The fourth-order valence-corrected chi connectivity index (χ4v) is 7.91. The number of nitrogens with two attached hydrogens (primary N) is 1. The molecule has 2 saturated heterocycles. The van der Waals surface area contributed by atoms with Crippen LogP contribution in [-0.4, -0.2) is 105 Å². The van der Waals surface area contributed by atoms with Gasteiger partial charge in [0, 0.05) is 45.0 Å². The molecular formula is C36H42N10O4S. The Morgan fingerprint density at radius 3 is 2.67 bits per heavy atom. The molecule has 1 spiro atoms. The van der Waals surface area contributed by atoms with Crippen molar-refractivity contribution in [3.8, 4) is 22.2 Å². The topological polar surface area (TPSA) is 169 Å². The van der Waals surface area contributed by atoms with Crippen molar-refractivity contribution in [2.75, 3.05) is 57.0 Å². The second-order valence-electron chi connectivity index (χ2n) is 13.6. The van der Waals surface area contributed by atoms with Gasteiger partial charge in [-0.15, -0.1) is 11.3 Å². The Kier molecular flexibility index (Phi) is 9.33. The molecule has 0 unspecified atom stereocenters. The van der Waals surface area contributed by atoms with Gasteiger partial charge in [0.15, 0.2) is 17.3 Å². The SMILES string of the molecule is COc1cc(C(=N)c2nc(N3CC[C@]4(CCN(CC(=O)N5CC=C(c6ncc(-c7ncn(C)n7)s6)CC5)C4)C3=O)ccc2N)ccc1OC(C)C. The van der Waals surface area contributed by atoms with E-state index in [1.165, 1.54) is 0 Å². The van der Waals surface area contributed by atoms with Crippen LogP contribution in [0.15, 0.2) is 48.9 Å². The fourth-order valence-electron chi connectivity index (χ4n) is 6.99. The summed E-state index contributed by atoms with van der Waals surface area (Å²) in [6.45, 7) is 6.99. The summed E-state index contributed by atoms with van der Waals surface area (Å²) in [7, 11) is 3.39. The molecule has 0 aliphatic carbocycles. The number of pyridine rings is 1. The van der Waals surface area contributed by atoms with Crippen LogP contribution in [0.1, 0.15) is 49.4 Å². The van der Waals surface area contributed by atoms with Gasteiger partial charge in [0.2, 0.25) is 11.8 Å². The maximum absolute atomic E-state index is 14.0. The summed E-state index contributed by atoms with van der Waals surface area (Å²) < 4.78 is 13.0. The van der Waals surface area contributed by atoms with Gasteiger partial charge in [-0.05, 0) is 75.6 Å². The molecule has 0 radical (unpaired) electrons. The van der Waals surface area contributed by atoms with Crippen molar-refractivity contribution in [2.24, 2.45) is 12.5 Å². The molecule has 3 aromatic heterocycles. The number of aryl methyl sites for hydroxylation is 1. The minimum Gasteiger partial charge on any atom is -0.493 e. The number of methoxy groups -OCH3 is 1. The lowest BCUT2D eigenvalue weighted by molar-refractivity contribution is -0.132. The van der Waals surface area contributed by atoms with Crippen LogP contribution in [0.3, 0.4) is 0 Å². The molecule has 14 nitrogen and oxygen atoms in total. The largest absolute Gasteiger partial charge is 0.493 e. The second-order valence-corrected chi connectivity index (χ2v) is 14.6. The number of thiazole rings is 1. The van der Waals surface area contributed by atoms with Crippen molar-refractivity contribution in [3.63, 3.8) is 0 Å².